The minimum Gasteiger partial charge on any atom is -0.504 e. The first-order valence-electron chi connectivity index (χ1n) is 12.5. The number of phenols is 2. The molecule has 0 aromatic heterocycles. The first kappa shape index (κ1) is 29.2. The second-order valence-corrected chi connectivity index (χ2v) is 8.17. The number of benzene rings is 2. The van der Waals surface area contributed by atoms with Gasteiger partial charge in [0.1, 0.15) is 0 Å². The van der Waals surface area contributed by atoms with Gasteiger partial charge in [0, 0.05) is 12.8 Å². The second-order valence-electron chi connectivity index (χ2n) is 8.17. The molecule has 37 heavy (non-hydrogen) atoms. The number of nitrogens with zero attached hydrogens (tertiary/aromatic N) is 2. The first-order chi connectivity index (χ1) is 17.9. The molecule has 0 aliphatic heterocycles. The molecule has 2 rings (SSSR count). The summed E-state index contributed by atoms with van der Waals surface area (Å²) in [6, 6.07) is 9.68. The molecule has 0 aliphatic rings. The van der Waals surface area contributed by atoms with Crippen LogP contribution in [0.4, 0.5) is 0 Å². The summed E-state index contributed by atoms with van der Waals surface area (Å²) < 4.78 is 10.6. The molecule has 0 atom stereocenters. The number of hydrogen-bond acceptors (Lipinski definition) is 8. The number of phenolic OH excluding ortho intramolecular Hbond substituents is 2. The van der Waals surface area contributed by atoms with E-state index in [1.165, 1.54) is 24.6 Å². The lowest BCUT2D eigenvalue weighted by atomic mass is 10.1. The molecule has 0 unspecified atom stereocenters. The average Bonchev–Trinajstić information content (AvgIpc) is 2.87. The molecule has 10 nitrogen and oxygen atoms in total. The lowest BCUT2D eigenvalue weighted by molar-refractivity contribution is -0.121. The van der Waals surface area contributed by atoms with Crippen molar-refractivity contribution in [3.8, 4) is 23.0 Å². The number of hydrazone groups is 2. The molecule has 0 radical (unpaired) electrons. The van der Waals surface area contributed by atoms with Crippen LogP contribution in [0.15, 0.2) is 46.6 Å². The third-order valence-electron chi connectivity index (χ3n) is 5.18. The van der Waals surface area contributed by atoms with Crippen LogP contribution in [-0.2, 0) is 9.59 Å². The Labute approximate surface area is 217 Å². The highest BCUT2D eigenvalue weighted by atomic mass is 16.5. The predicted octanol–water partition coefficient (Wildman–Crippen LogP) is 4.23. The van der Waals surface area contributed by atoms with E-state index in [0.717, 1.165) is 32.1 Å². The molecule has 0 saturated heterocycles. The fraction of sp³-hybridized carbons (Fsp3) is 0.407. The van der Waals surface area contributed by atoms with Crippen molar-refractivity contribution in [3.05, 3.63) is 47.5 Å². The fourth-order valence-electron chi connectivity index (χ4n) is 3.34. The number of hydrogen-bond donors (Lipinski definition) is 4. The highest BCUT2D eigenvalue weighted by molar-refractivity contribution is 5.84. The normalized spacial score (nSPS) is 11.1. The Morgan fingerprint density at radius 3 is 1.54 bits per heavy atom. The molecule has 2 aromatic rings. The van der Waals surface area contributed by atoms with E-state index in [2.05, 4.69) is 21.1 Å². The van der Waals surface area contributed by atoms with Crippen molar-refractivity contribution in [1.29, 1.82) is 0 Å². The van der Waals surface area contributed by atoms with E-state index in [9.17, 15) is 19.8 Å². The van der Waals surface area contributed by atoms with E-state index in [1.807, 2.05) is 13.8 Å². The molecular weight excluding hydrogens is 476 g/mol. The number of carbonyl (C=O) groups is 2. The minimum absolute atomic E-state index is 0.0551. The Kier molecular flexibility index (Phi) is 13.1. The number of carbonyl (C=O) groups excluding carboxylic acids is 2. The summed E-state index contributed by atoms with van der Waals surface area (Å²) in [5, 5.41) is 27.3. The zero-order chi connectivity index (χ0) is 26.9. The molecule has 200 valence electrons. The number of unbranched alkanes of at least 4 members (excludes halogenated alkanes) is 4. The summed E-state index contributed by atoms with van der Waals surface area (Å²) in [5.74, 6) is 0.514. The summed E-state index contributed by atoms with van der Waals surface area (Å²) in [7, 11) is 0. The van der Waals surface area contributed by atoms with Gasteiger partial charge in [0.15, 0.2) is 23.0 Å². The van der Waals surface area contributed by atoms with Crippen molar-refractivity contribution < 1.29 is 29.3 Å². The molecule has 2 amide bonds. The van der Waals surface area contributed by atoms with E-state index in [4.69, 9.17) is 9.47 Å². The molecule has 0 heterocycles. The van der Waals surface area contributed by atoms with Crippen LogP contribution in [0.3, 0.4) is 0 Å². The van der Waals surface area contributed by atoms with Gasteiger partial charge in [-0.15, -0.1) is 0 Å². The third kappa shape index (κ3) is 11.5. The van der Waals surface area contributed by atoms with Gasteiger partial charge in [0.25, 0.3) is 0 Å². The summed E-state index contributed by atoms with van der Waals surface area (Å²) in [6.07, 6.45) is 7.90. The highest BCUT2D eigenvalue weighted by Crippen LogP contribution is 2.27. The van der Waals surface area contributed by atoms with Crippen molar-refractivity contribution in [3.63, 3.8) is 0 Å². The van der Waals surface area contributed by atoms with Crippen molar-refractivity contribution >= 4 is 24.2 Å². The van der Waals surface area contributed by atoms with Crippen molar-refractivity contribution in [2.75, 3.05) is 13.2 Å². The first-order valence-corrected chi connectivity index (χ1v) is 12.5. The highest BCUT2D eigenvalue weighted by Gasteiger charge is 2.05. The molecule has 0 spiro atoms. The maximum absolute atomic E-state index is 11.9. The second kappa shape index (κ2) is 16.6. The fourth-order valence-corrected chi connectivity index (χ4v) is 3.34. The van der Waals surface area contributed by atoms with Crippen LogP contribution in [0.1, 0.15) is 69.9 Å². The van der Waals surface area contributed by atoms with E-state index in [-0.39, 0.29) is 23.3 Å². The van der Waals surface area contributed by atoms with Crippen LogP contribution in [-0.4, -0.2) is 47.7 Å². The molecule has 0 saturated carbocycles. The van der Waals surface area contributed by atoms with Crippen LogP contribution in [0.25, 0.3) is 0 Å². The molecule has 0 fully saturated rings. The largest absolute Gasteiger partial charge is 0.504 e. The monoisotopic (exact) mass is 512 g/mol. The van der Waals surface area contributed by atoms with Gasteiger partial charge in [0.2, 0.25) is 11.8 Å². The predicted molar refractivity (Wildman–Crippen MR) is 142 cm³/mol. The Morgan fingerprint density at radius 1 is 0.730 bits per heavy atom. The van der Waals surface area contributed by atoms with E-state index >= 15 is 0 Å². The van der Waals surface area contributed by atoms with Crippen molar-refractivity contribution in [2.45, 2.75) is 58.8 Å². The van der Waals surface area contributed by atoms with Gasteiger partial charge in [-0.05, 0) is 74.2 Å². The Bertz CT molecular complexity index is 987. The molecule has 0 bridgehead atoms. The van der Waals surface area contributed by atoms with Gasteiger partial charge < -0.3 is 19.7 Å². The topological polar surface area (TPSA) is 142 Å². The van der Waals surface area contributed by atoms with Crippen LogP contribution in [0, 0.1) is 0 Å². The van der Waals surface area contributed by atoms with Gasteiger partial charge >= 0.3 is 0 Å². The van der Waals surface area contributed by atoms with Gasteiger partial charge in [-0.3, -0.25) is 9.59 Å². The molecule has 0 aliphatic carbocycles. The quantitative estimate of drug-likeness (QED) is 0.151. The lowest BCUT2D eigenvalue weighted by Crippen LogP contribution is -2.17. The zero-order valence-corrected chi connectivity index (χ0v) is 21.4. The zero-order valence-electron chi connectivity index (χ0n) is 21.4. The number of nitrogens with one attached hydrogen (secondary N) is 2. The lowest BCUT2D eigenvalue weighted by Gasteiger charge is -2.06. The molecular formula is C27H36N4O6. The SMILES string of the molecule is CCOc1cc(C=NNC(=O)CCCCCCCC(=O)NN=Cc2ccc(O)c(OCC)c2)ccc1O. The Morgan fingerprint density at radius 2 is 1.14 bits per heavy atom. The van der Waals surface area contributed by atoms with Gasteiger partial charge in [0.05, 0.1) is 25.6 Å². The van der Waals surface area contributed by atoms with Crippen LogP contribution in [0.2, 0.25) is 0 Å². The average molecular weight is 513 g/mol. The van der Waals surface area contributed by atoms with E-state index < -0.39 is 0 Å². The molecule has 4 N–H and O–H groups in total. The maximum Gasteiger partial charge on any atom is 0.240 e. The number of amides is 2. The van der Waals surface area contributed by atoms with Crippen molar-refractivity contribution in [1.82, 2.24) is 10.9 Å². The maximum atomic E-state index is 11.9. The van der Waals surface area contributed by atoms with E-state index in [1.54, 1.807) is 24.3 Å². The summed E-state index contributed by atoms with van der Waals surface area (Å²) in [4.78, 5) is 23.9. The van der Waals surface area contributed by atoms with Gasteiger partial charge in [-0.2, -0.15) is 10.2 Å². The van der Waals surface area contributed by atoms with Crippen molar-refractivity contribution in [2.24, 2.45) is 10.2 Å². The number of ether oxygens (including phenoxy) is 2. The molecule has 2 aromatic carbocycles. The standard InChI is InChI=1S/C27H36N4O6/c1-3-36-24-16-20(12-14-22(24)32)18-28-30-26(34)10-8-6-5-7-9-11-27(35)31-29-19-21-13-15-23(33)25(17-21)37-4-2/h12-19,32-33H,3-11H2,1-2H3,(H,30,34)(H,31,35). The third-order valence-corrected chi connectivity index (χ3v) is 5.18. The Hall–Kier alpha value is -4.08. The minimum atomic E-state index is -0.167. The van der Waals surface area contributed by atoms with Crippen LogP contribution >= 0.6 is 0 Å². The summed E-state index contributed by atoms with van der Waals surface area (Å²) in [5.41, 5.74) is 6.40. The summed E-state index contributed by atoms with van der Waals surface area (Å²) >= 11 is 0. The Balaban J connectivity index is 1.54. The van der Waals surface area contributed by atoms with Crippen LogP contribution in [0.5, 0.6) is 23.0 Å². The summed E-state index contributed by atoms with van der Waals surface area (Å²) in [6.45, 7) is 4.53. The van der Waals surface area contributed by atoms with E-state index in [0.29, 0.717) is 48.7 Å². The molecule has 10 heteroatoms. The van der Waals surface area contributed by atoms with Gasteiger partial charge in [-0.25, -0.2) is 10.9 Å². The smallest absolute Gasteiger partial charge is 0.240 e. The number of rotatable bonds is 16. The number of aromatic hydroxyl groups is 2. The van der Waals surface area contributed by atoms with Gasteiger partial charge in [-0.1, -0.05) is 19.3 Å². The van der Waals surface area contributed by atoms with Crippen LogP contribution < -0.4 is 20.3 Å².